The maximum atomic E-state index is 11.9. The van der Waals surface area contributed by atoms with Crippen LogP contribution in [0.2, 0.25) is 0 Å². The molecule has 0 bridgehead atoms. The summed E-state index contributed by atoms with van der Waals surface area (Å²) in [5.74, 6) is -0.249. The highest BCUT2D eigenvalue weighted by atomic mass is 16.3. The zero-order valence-corrected chi connectivity index (χ0v) is 9.97. The number of aromatic hydroxyl groups is 1. The standard InChI is InChI=1S/C14H14N2O2/c1-9-5-6-13(12(15)7-9)16-14(18)10-3-2-4-11(17)8-10/h2-8,17H,15H2,1H3,(H,16,18). The largest absolute Gasteiger partial charge is 0.508 e. The second-order valence-electron chi connectivity index (χ2n) is 4.10. The van der Waals surface area contributed by atoms with Crippen molar-refractivity contribution in [3.63, 3.8) is 0 Å². The molecule has 1 amide bonds. The third-order valence-corrected chi connectivity index (χ3v) is 2.56. The third-order valence-electron chi connectivity index (χ3n) is 2.56. The summed E-state index contributed by atoms with van der Waals surface area (Å²) < 4.78 is 0. The molecule has 0 saturated carbocycles. The van der Waals surface area contributed by atoms with Gasteiger partial charge in [0.25, 0.3) is 5.91 Å². The summed E-state index contributed by atoms with van der Waals surface area (Å²) in [6, 6.07) is 11.6. The van der Waals surface area contributed by atoms with Gasteiger partial charge in [-0.05, 0) is 42.8 Å². The summed E-state index contributed by atoms with van der Waals surface area (Å²) in [5, 5.41) is 12.0. The minimum atomic E-state index is -0.304. The molecule has 0 radical (unpaired) electrons. The van der Waals surface area contributed by atoms with Crippen LogP contribution in [-0.2, 0) is 0 Å². The number of benzene rings is 2. The number of phenols is 1. The molecule has 0 atom stereocenters. The average Bonchev–Trinajstić information content (AvgIpc) is 2.32. The molecule has 0 aliphatic heterocycles. The van der Waals surface area contributed by atoms with Crippen LogP contribution < -0.4 is 11.1 Å². The summed E-state index contributed by atoms with van der Waals surface area (Å²) >= 11 is 0. The van der Waals surface area contributed by atoms with Gasteiger partial charge in [-0.3, -0.25) is 4.79 Å². The van der Waals surface area contributed by atoms with Crippen LogP contribution in [0.15, 0.2) is 42.5 Å². The average molecular weight is 242 g/mol. The molecule has 4 heteroatoms. The van der Waals surface area contributed by atoms with Crippen molar-refractivity contribution in [2.45, 2.75) is 6.92 Å². The first-order valence-electron chi connectivity index (χ1n) is 5.53. The van der Waals surface area contributed by atoms with Crippen LogP contribution in [-0.4, -0.2) is 11.0 Å². The number of nitrogens with two attached hydrogens (primary N) is 1. The van der Waals surface area contributed by atoms with Crippen molar-refractivity contribution >= 4 is 17.3 Å². The van der Waals surface area contributed by atoms with Gasteiger partial charge in [-0.1, -0.05) is 12.1 Å². The number of hydrogen-bond donors (Lipinski definition) is 3. The van der Waals surface area contributed by atoms with Gasteiger partial charge in [-0.25, -0.2) is 0 Å². The first kappa shape index (κ1) is 12.0. The van der Waals surface area contributed by atoms with Gasteiger partial charge < -0.3 is 16.2 Å². The number of hydrogen-bond acceptors (Lipinski definition) is 3. The molecular weight excluding hydrogens is 228 g/mol. The maximum absolute atomic E-state index is 11.9. The van der Waals surface area contributed by atoms with Gasteiger partial charge >= 0.3 is 0 Å². The van der Waals surface area contributed by atoms with E-state index in [1.165, 1.54) is 12.1 Å². The highest BCUT2D eigenvalue weighted by Crippen LogP contribution is 2.20. The summed E-state index contributed by atoms with van der Waals surface area (Å²) in [7, 11) is 0. The molecule has 0 fully saturated rings. The number of nitrogen functional groups attached to an aromatic ring is 1. The lowest BCUT2D eigenvalue weighted by molar-refractivity contribution is 0.102. The van der Waals surface area contributed by atoms with Gasteiger partial charge in [-0.2, -0.15) is 0 Å². The fourth-order valence-corrected chi connectivity index (χ4v) is 1.64. The molecular formula is C14H14N2O2. The van der Waals surface area contributed by atoms with E-state index >= 15 is 0 Å². The smallest absolute Gasteiger partial charge is 0.255 e. The molecule has 0 aliphatic rings. The van der Waals surface area contributed by atoms with E-state index < -0.39 is 0 Å². The van der Waals surface area contributed by atoms with E-state index in [0.29, 0.717) is 16.9 Å². The van der Waals surface area contributed by atoms with E-state index in [1.54, 1.807) is 24.3 Å². The topological polar surface area (TPSA) is 75.3 Å². The summed E-state index contributed by atoms with van der Waals surface area (Å²) in [6.07, 6.45) is 0. The Labute approximate surface area is 105 Å². The molecule has 0 spiro atoms. The van der Waals surface area contributed by atoms with Crippen molar-refractivity contribution in [3.05, 3.63) is 53.6 Å². The molecule has 2 aromatic rings. The Morgan fingerprint density at radius 1 is 1.22 bits per heavy atom. The lowest BCUT2D eigenvalue weighted by Crippen LogP contribution is -2.13. The minimum absolute atomic E-state index is 0.0551. The zero-order valence-electron chi connectivity index (χ0n) is 9.97. The molecule has 0 aliphatic carbocycles. The minimum Gasteiger partial charge on any atom is -0.508 e. The van der Waals surface area contributed by atoms with Crippen molar-refractivity contribution in [1.82, 2.24) is 0 Å². The Hall–Kier alpha value is -2.49. The van der Waals surface area contributed by atoms with Gasteiger partial charge in [0, 0.05) is 5.56 Å². The number of rotatable bonds is 2. The predicted octanol–water partition coefficient (Wildman–Crippen LogP) is 2.54. The molecule has 0 unspecified atom stereocenters. The SMILES string of the molecule is Cc1ccc(NC(=O)c2cccc(O)c2)c(N)c1. The van der Waals surface area contributed by atoms with Crippen molar-refractivity contribution in [3.8, 4) is 5.75 Å². The highest BCUT2D eigenvalue weighted by molar-refractivity contribution is 6.05. The van der Waals surface area contributed by atoms with Crippen molar-refractivity contribution < 1.29 is 9.90 Å². The predicted molar refractivity (Wildman–Crippen MR) is 71.7 cm³/mol. The number of phenolic OH excluding ortho intramolecular Hbond substituents is 1. The Morgan fingerprint density at radius 2 is 2.00 bits per heavy atom. The molecule has 0 saturated heterocycles. The lowest BCUT2D eigenvalue weighted by Gasteiger charge is -2.09. The first-order valence-corrected chi connectivity index (χ1v) is 5.53. The molecule has 0 heterocycles. The second-order valence-corrected chi connectivity index (χ2v) is 4.10. The number of nitrogens with one attached hydrogen (secondary N) is 1. The normalized spacial score (nSPS) is 10.1. The molecule has 2 rings (SSSR count). The molecule has 4 N–H and O–H groups in total. The number of amides is 1. The summed E-state index contributed by atoms with van der Waals surface area (Å²) in [5.41, 5.74) is 8.31. The summed E-state index contributed by atoms with van der Waals surface area (Å²) in [6.45, 7) is 1.93. The number of aryl methyl sites for hydroxylation is 1. The molecule has 18 heavy (non-hydrogen) atoms. The van der Waals surface area contributed by atoms with Crippen LogP contribution in [0.5, 0.6) is 5.75 Å². The number of anilines is 2. The van der Waals surface area contributed by atoms with E-state index in [0.717, 1.165) is 5.56 Å². The fourth-order valence-electron chi connectivity index (χ4n) is 1.64. The van der Waals surface area contributed by atoms with E-state index in [9.17, 15) is 9.90 Å². The van der Waals surface area contributed by atoms with Crippen LogP contribution in [0.3, 0.4) is 0 Å². The molecule has 2 aromatic carbocycles. The van der Waals surface area contributed by atoms with Crippen LogP contribution in [0.4, 0.5) is 11.4 Å². The van der Waals surface area contributed by atoms with Gasteiger partial charge in [0.2, 0.25) is 0 Å². The number of carbonyl (C=O) groups is 1. The van der Waals surface area contributed by atoms with E-state index in [-0.39, 0.29) is 11.7 Å². The number of carbonyl (C=O) groups excluding carboxylic acids is 1. The first-order chi connectivity index (χ1) is 8.56. The van der Waals surface area contributed by atoms with Crippen molar-refractivity contribution in [2.24, 2.45) is 0 Å². The van der Waals surface area contributed by atoms with Crippen molar-refractivity contribution in [2.75, 3.05) is 11.1 Å². The van der Waals surface area contributed by atoms with Crippen LogP contribution >= 0.6 is 0 Å². The summed E-state index contributed by atoms with van der Waals surface area (Å²) in [4.78, 5) is 11.9. The van der Waals surface area contributed by atoms with Gasteiger partial charge in [-0.15, -0.1) is 0 Å². The molecule has 4 nitrogen and oxygen atoms in total. The highest BCUT2D eigenvalue weighted by Gasteiger charge is 2.08. The van der Waals surface area contributed by atoms with E-state index in [2.05, 4.69) is 5.32 Å². The monoisotopic (exact) mass is 242 g/mol. The van der Waals surface area contributed by atoms with Gasteiger partial charge in [0.1, 0.15) is 5.75 Å². The van der Waals surface area contributed by atoms with Gasteiger partial charge in [0.15, 0.2) is 0 Å². The lowest BCUT2D eigenvalue weighted by atomic mass is 10.1. The van der Waals surface area contributed by atoms with Crippen LogP contribution in [0.25, 0.3) is 0 Å². The fraction of sp³-hybridized carbons (Fsp3) is 0.0714. The Balaban J connectivity index is 2.21. The Morgan fingerprint density at radius 3 is 2.67 bits per heavy atom. The van der Waals surface area contributed by atoms with Gasteiger partial charge in [0.05, 0.1) is 11.4 Å². The van der Waals surface area contributed by atoms with E-state index in [4.69, 9.17) is 5.73 Å². The third kappa shape index (κ3) is 2.60. The van der Waals surface area contributed by atoms with Crippen molar-refractivity contribution in [1.29, 1.82) is 0 Å². The molecule has 92 valence electrons. The maximum Gasteiger partial charge on any atom is 0.255 e. The van der Waals surface area contributed by atoms with Crippen LogP contribution in [0, 0.1) is 6.92 Å². The van der Waals surface area contributed by atoms with Crippen LogP contribution in [0.1, 0.15) is 15.9 Å². The zero-order chi connectivity index (χ0) is 13.1. The Kier molecular flexibility index (Phi) is 3.19. The second kappa shape index (κ2) is 4.79. The Bertz CT molecular complexity index is 594. The van der Waals surface area contributed by atoms with E-state index in [1.807, 2.05) is 13.0 Å². The molecule has 0 aromatic heterocycles. The quantitative estimate of drug-likeness (QED) is 0.708.